The van der Waals surface area contributed by atoms with Gasteiger partial charge in [0.15, 0.2) is 0 Å². The Hall–Kier alpha value is -1.71. The molecule has 0 atom stereocenters. The maximum absolute atomic E-state index is 11.6. The van der Waals surface area contributed by atoms with Crippen LogP contribution in [0.2, 0.25) is 0 Å². The van der Waals surface area contributed by atoms with Crippen LogP contribution in [0.3, 0.4) is 0 Å². The molecule has 1 rings (SSSR count). The van der Waals surface area contributed by atoms with E-state index in [4.69, 9.17) is 0 Å². The van der Waals surface area contributed by atoms with E-state index >= 15 is 0 Å². The summed E-state index contributed by atoms with van der Waals surface area (Å²) < 4.78 is 0. The molecule has 0 aromatic carbocycles. The van der Waals surface area contributed by atoms with Gasteiger partial charge in [-0.3, -0.25) is 9.78 Å². The van der Waals surface area contributed by atoms with E-state index in [0.29, 0.717) is 5.56 Å². The van der Waals surface area contributed by atoms with Gasteiger partial charge in [0.05, 0.1) is 0 Å². The molecule has 0 aliphatic carbocycles. The summed E-state index contributed by atoms with van der Waals surface area (Å²) in [6.45, 7) is 8.03. The van der Waals surface area contributed by atoms with Crippen LogP contribution in [0.1, 0.15) is 38.1 Å². The summed E-state index contributed by atoms with van der Waals surface area (Å²) in [6.07, 6.45) is 3.16. The molecule has 1 heterocycles. The second-order valence-electron chi connectivity index (χ2n) is 4.62. The van der Waals surface area contributed by atoms with E-state index < -0.39 is 0 Å². The lowest BCUT2D eigenvalue weighted by molar-refractivity contribution is 0.0954. The Morgan fingerprint density at radius 2 is 1.88 bits per heavy atom. The molecule has 4 heteroatoms. The van der Waals surface area contributed by atoms with Crippen LogP contribution >= 0.6 is 0 Å². The number of nitrogens with one attached hydrogen (secondary N) is 1. The smallest absolute Gasteiger partial charge is 0.267 e. The summed E-state index contributed by atoms with van der Waals surface area (Å²) >= 11 is 0. The van der Waals surface area contributed by atoms with E-state index in [0.717, 1.165) is 5.71 Å². The Kier molecular flexibility index (Phi) is 3.77. The van der Waals surface area contributed by atoms with Crippen molar-refractivity contribution < 1.29 is 4.79 Å². The summed E-state index contributed by atoms with van der Waals surface area (Å²) in [4.78, 5) is 15.5. The predicted octanol–water partition coefficient (Wildman–Crippen LogP) is 2.23. The molecular weight excluding hydrogens is 202 g/mol. The van der Waals surface area contributed by atoms with Gasteiger partial charge in [-0.1, -0.05) is 20.8 Å². The lowest BCUT2D eigenvalue weighted by Crippen LogP contribution is -2.24. The fourth-order valence-electron chi connectivity index (χ4n) is 0.870. The van der Waals surface area contributed by atoms with Gasteiger partial charge >= 0.3 is 0 Å². The standard InChI is InChI=1S/C12H17N3O/c1-9(12(2,3)4)14-15-11(16)10-5-7-13-8-6-10/h5-8H,1-4H3,(H,15,16)/b14-9-. The number of hydrazone groups is 1. The lowest BCUT2D eigenvalue weighted by atomic mass is 9.91. The number of pyridine rings is 1. The van der Waals surface area contributed by atoms with Gasteiger partial charge in [0.2, 0.25) is 0 Å². The molecule has 1 aromatic heterocycles. The zero-order chi connectivity index (χ0) is 12.2. The molecular formula is C12H17N3O. The number of hydrogen-bond donors (Lipinski definition) is 1. The van der Waals surface area contributed by atoms with Gasteiger partial charge < -0.3 is 0 Å². The monoisotopic (exact) mass is 219 g/mol. The van der Waals surface area contributed by atoms with E-state index in [-0.39, 0.29) is 11.3 Å². The first-order valence-electron chi connectivity index (χ1n) is 5.16. The van der Waals surface area contributed by atoms with Gasteiger partial charge in [-0.2, -0.15) is 5.10 Å². The Labute approximate surface area is 95.8 Å². The molecule has 0 bridgehead atoms. The highest BCUT2D eigenvalue weighted by Gasteiger charge is 2.14. The van der Waals surface area contributed by atoms with Crippen LogP contribution in [0.15, 0.2) is 29.6 Å². The molecule has 0 radical (unpaired) electrons. The third-order valence-corrected chi connectivity index (χ3v) is 2.35. The van der Waals surface area contributed by atoms with Crippen molar-refractivity contribution in [3.05, 3.63) is 30.1 Å². The van der Waals surface area contributed by atoms with E-state index in [1.807, 2.05) is 27.7 Å². The van der Waals surface area contributed by atoms with Crippen LogP contribution in [-0.4, -0.2) is 16.6 Å². The number of carbonyl (C=O) groups excluding carboxylic acids is 1. The Morgan fingerprint density at radius 1 is 1.31 bits per heavy atom. The summed E-state index contributed by atoms with van der Waals surface area (Å²) in [6, 6.07) is 3.30. The minimum atomic E-state index is -0.217. The van der Waals surface area contributed by atoms with Crippen molar-refractivity contribution in [3.63, 3.8) is 0 Å². The van der Waals surface area contributed by atoms with Crippen LogP contribution in [0, 0.1) is 5.41 Å². The first-order chi connectivity index (χ1) is 7.41. The molecule has 86 valence electrons. The third-order valence-electron chi connectivity index (χ3n) is 2.35. The number of hydrogen-bond acceptors (Lipinski definition) is 3. The zero-order valence-corrected chi connectivity index (χ0v) is 10.1. The normalized spacial score (nSPS) is 12.4. The zero-order valence-electron chi connectivity index (χ0n) is 10.1. The van der Waals surface area contributed by atoms with Crippen molar-refractivity contribution in [2.45, 2.75) is 27.7 Å². The van der Waals surface area contributed by atoms with Crippen molar-refractivity contribution in [2.24, 2.45) is 10.5 Å². The molecule has 1 amide bonds. The average molecular weight is 219 g/mol. The molecule has 1 aromatic rings. The van der Waals surface area contributed by atoms with Crippen molar-refractivity contribution in [3.8, 4) is 0 Å². The average Bonchev–Trinajstić information content (AvgIpc) is 2.25. The fourth-order valence-corrected chi connectivity index (χ4v) is 0.870. The maximum Gasteiger partial charge on any atom is 0.271 e. The summed E-state index contributed by atoms with van der Waals surface area (Å²) in [5, 5.41) is 4.07. The van der Waals surface area contributed by atoms with Crippen LogP contribution in [0.5, 0.6) is 0 Å². The minimum absolute atomic E-state index is 0.0362. The third kappa shape index (κ3) is 3.46. The first kappa shape index (κ1) is 12.4. The van der Waals surface area contributed by atoms with E-state index in [1.54, 1.807) is 24.5 Å². The van der Waals surface area contributed by atoms with E-state index in [9.17, 15) is 4.79 Å². The van der Waals surface area contributed by atoms with Gasteiger partial charge in [0, 0.05) is 29.1 Å². The molecule has 16 heavy (non-hydrogen) atoms. The predicted molar refractivity (Wildman–Crippen MR) is 64.3 cm³/mol. The molecule has 0 saturated heterocycles. The SMILES string of the molecule is C/C(=N/NC(=O)c1ccncc1)C(C)(C)C. The van der Waals surface area contributed by atoms with Crippen LogP contribution in [0.4, 0.5) is 0 Å². The van der Waals surface area contributed by atoms with Crippen LogP contribution in [-0.2, 0) is 0 Å². The second-order valence-corrected chi connectivity index (χ2v) is 4.62. The number of nitrogens with zero attached hydrogens (tertiary/aromatic N) is 2. The molecule has 0 fully saturated rings. The Bertz CT molecular complexity index is 390. The van der Waals surface area contributed by atoms with Crippen molar-refractivity contribution in [1.82, 2.24) is 10.4 Å². The first-order valence-corrected chi connectivity index (χ1v) is 5.16. The van der Waals surface area contributed by atoms with Crippen LogP contribution in [0.25, 0.3) is 0 Å². The fraction of sp³-hybridized carbons (Fsp3) is 0.417. The number of amides is 1. The van der Waals surface area contributed by atoms with E-state index in [2.05, 4.69) is 15.5 Å². The van der Waals surface area contributed by atoms with Crippen molar-refractivity contribution >= 4 is 11.6 Å². The van der Waals surface area contributed by atoms with Gasteiger partial charge in [-0.05, 0) is 19.1 Å². The molecule has 0 aliphatic heterocycles. The topological polar surface area (TPSA) is 54.4 Å². The van der Waals surface area contributed by atoms with Crippen LogP contribution < -0.4 is 5.43 Å². The van der Waals surface area contributed by atoms with Gasteiger partial charge in [-0.15, -0.1) is 0 Å². The maximum atomic E-state index is 11.6. The van der Waals surface area contributed by atoms with Gasteiger partial charge in [-0.25, -0.2) is 5.43 Å². The van der Waals surface area contributed by atoms with Crippen molar-refractivity contribution in [1.29, 1.82) is 0 Å². The number of carbonyl (C=O) groups is 1. The summed E-state index contributed by atoms with van der Waals surface area (Å²) in [7, 11) is 0. The quantitative estimate of drug-likeness (QED) is 0.612. The highest BCUT2D eigenvalue weighted by Crippen LogP contribution is 2.14. The van der Waals surface area contributed by atoms with Crippen molar-refractivity contribution in [2.75, 3.05) is 0 Å². The highest BCUT2D eigenvalue weighted by atomic mass is 16.2. The number of rotatable bonds is 2. The molecule has 0 unspecified atom stereocenters. The Morgan fingerprint density at radius 3 is 2.38 bits per heavy atom. The second kappa shape index (κ2) is 4.88. The van der Waals surface area contributed by atoms with Gasteiger partial charge in [0.1, 0.15) is 0 Å². The number of aromatic nitrogens is 1. The van der Waals surface area contributed by atoms with E-state index in [1.165, 1.54) is 0 Å². The summed E-state index contributed by atoms with van der Waals surface area (Å²) in [5.41, 5.74) is 3.93. The molecule has 0 saturated carbocycles. The molecule has 1 N–H and O–H groups in total. The molecule has 4 nitrogen and oxygen atoms in total. The Balaban J connectivity index is 2.67. The van der Waals surface area contributed by atoms with Gasteiger partial charge in [0.25, 0.3) is 5.91 Å². The largest absolute Gasteiger partial charge is 0.271 e. The lowest BCUT2D eigenvalue weighted by Gasteiger charge is -2.17. The molecule has 0 spiro atoms. The molecule has 0 aliphatic rings. The summed E-state index contributed by atoms with van der Waals surface area (Å²) in [5.74, 6) is -0.217. The minimum Gasteiger partial charge on any atom is -0.267 e. The highest BCUT2D eigenvalue weighted by molar-refractivity contribution is 5.95.